The molecule has 19 heavy (non-hydrogen) atoms. The van der Waals surface area contributed by atoms with Crippen LogP contribution in [0.5, 0.6) is 0 Å². The Labute approximate surface area is 123 Å². The van der Waals surface area contributed by atoms with Gasteiger partial charge in [-0.05, 0) is 45.4 Å². The van der Waals surface area contributed by atoms with E-state index in [0.717, 1.165) is 18.5 Å². The lowest BCUT2D eigenvalue weighted by Gasteiger charge is -2.38. The van der Waals surface area contributed by atoms with Crippen molar-refractivity contribution in [3.8, 4) is 0 Å². The summed E-state index contributed by atoms with van der Waals surface area (Å²) in [6.07, 6.45) is 2.30. The molecule has 0 unspecified atom stereocenters. The summed E-state index contributed by atoms with van der Waals surface area (Å²) in [7, 11) is 0. The third kappa shape index (κ3) is 4.88. The molecule has 1 aromatic rings. The van der Waals surface area contributed by atoms with Gasteiger partial charge in [-0.2, -0.15) is 0 Å². The summed E-state index contributed by atoms with van der Waals surface area (Å²) in [5, 5.41) is 7.27. The first-order valence-electron chi connectivity index (χ1n) is 7.45. The number of aryl methyl sites for hydroxylation is 1. The van der Waals surface area contributed by atoms with Crippen LogP contribution in [0, 0.1) is 18.8 Å². The molecule has 1 N–H and O–H groups in total. The van der Waals surface area contributed by atoms with Gasteiger partial charge in [0.15, 0.2) is 0 Å². The first-order chi connectivity index (χ1) is 8.75. The zero-order valence-corrected chi connectivity index (χ0v) is 14.4. The molecule has 1 aromatic heterocycles. The Kier molecular flexibility index (Phi) is 6.00. The van der Waals surface area contributed by atoms with Crippen LogP contribution in [-0.4, -0.2) is 11.0 Å². The molecule has 110 valence electrons. The normalized spacial score (nSPS) is 12.9. The van der Waals surface area contributed by atoms with Crippen LogP contribution in [0.15, 0.2) is 5.38 Å². The van der Waals surface area contributed by atoms with E-state index >= 15 is 0 Å². The first kappa shape index (κ1) is 16.6. The van der Waals surface area contributed by atoms with Crippen LogP contribution in [0.2, 0.25) is 0 Å². The first-order valence-corrected chi connectivity index (χ1v) is 8.33. The highest BCUT2D eigenvalue weighted by molar-refractivity contribution is 7.09. The minimum Gasteiger partial charge on any atom is -0.303 e. The number of hydrogen-bond acceptors (Lipinski definition) is 3. The van der Waals surface area contributed by atoms with Crippen molar-refractivity contribution >= 4 is 11.3 Å². The molecule has 0 aliphatic carbocycles. The smallest absolute Gasteiger partial charge is 0.113 e. The third-order valence-electron chi connectivity index (χ3n) is 3.11. The minimum absolute atomic E-state index is 0.0371. The largest absolute Gasteiger partial charge is 0.303 e. The lowest BCUT2D eigenvalue weighted by Crippen LogP contribution is -2.47. The Morgan fingerprint density at radius 2 is 1.63 bits per heavy atom. The van der Waals surface area contributed by atoms with Crippen molar-refractivity contribution in [2.75, 3.05) is 0 Å². The topological polar surface area (TPSA) is 24.9 Å². The molecule has 0 radical (unpaired) electrons. The number of nitrogens with zero attached hydrogens (tertiary/aromatic N) is 1. The van der Waals surface area contributed by atoms with Crippen molar-refractivity contribution in [1.29, 1.82) is 0 Å². The molecule has 0 saturated carbocycles. The van der Waals surface area contributed by atoms with Gasteiger partial charge in [0.05, 0.1) is 5.54 Å². The fourth-order valence-electron chi connectivity index (χ4n) is 2.96. The fourth-order valence-corrected chi connectivity index (χ4v) is 3.94. The van der Waals surface area contributed by atoms with E-state index in [4.69, 9.17) is 4.98 Å². The number of hydrogen-bond donors (Lipinski definition) is 1. The summed E-state index contributed by atoms with van der Waals surface area (Å²) in [5.74, 6) is 1.32. The van der Waals surface area contributed by atoms with Crippen LogP contribution < -0.4 is 5.32 Å². The number of aromatic nitrogens is 1. The molecule has 0 atom stereocenters. The summed E-state index contributed by atoms with van der Waals surface area (Å²) in [4.78, 5) is 4.80. The third-order valence-corrected chi connectivity index (χ3v) is 4.27. The van der Waals surface area contributed by atoms with E-state index < -0.39 is 0 Å². The van der Waals surface area contributed by atoms with Gasteiger partial charge in [-0.15, -0.1) is 11.3 Å². The molecule has 0 spiro atoms. The lowest BCUT2D eigenvalue weighted by molar-refractivity contribution is 0.207. The van der Waals surface area contributed by atoms with Crippen LogP contribution >= 0.6 is 11.3 Å². The Bertz CT molecular complexity index is 353. The molecule has 0 saturated heterocycles. The molecule has 1 heterocycles. The minimum atomic E-state index is 0.0371. The lowest BCUT2D eigenvalue weighted by atomic mass is 9.81. The maximum atomic E-state index is 4.80. The van der Waals surface area contributed by atoms with Crippen LogP contribution in [0.4, 0.5) is 0 Å². The molecule has 0 aromatic carbocycles. The van der Waals surface area contributed by atoms with E-state index in [9.17, 15) is 0 Å². The molecule has 2 nitrogen and oxygen atoms in total. The summed E-state index contributed by atoms with van der Waals surface area (Å²) in [5.41, 5.74) is 1.18. The predicted molar refractivity (Wildman–Crippen MR) is 85.7 cm³/mol. The second kappa shape index (κ2) is 6.85. The fraction of sp³-hybridized carbons (Fsp3) is 0.812. The van der Waals surface area contributed by atoms with Gasteiger partial charge in [0.1, 0.15) is 5.01 Å². The molecule has 0 aliphatic rings. The van der Waals surface area contributed by atoms with Crippen molar-refractivity contribution in [1.82, 2.24) is 10.3 Å². The Balaban J connectivity index is 3.16. The Morgan fingerprint density at radius 3 is 1.95 bits per heavy atom. The van der Waals surface area contributed by atoms with Gasteiger partial charge in [-0.1, -0.05) is 27.7 Å². The van der Waals surface area contributed by atoms with E-state index in [1.54, 1.807) is 0 Å². The van der Waals surface area contributed by atoms with Gasteiger partial charge in [-0.25, -0.2) is 4.98 Å². The zero-order valence-electron chi connectivity index (χ0n) is 13.6. The van der Waals surface area contributed by atoms with E-state index in [1.165, 1.54) is 5.01 Å². The van der Waals surface area contributed by atoms with Crippen molar-refractivity contribution in [2.45, 2.75) is 72.9 Å². The molecule has 0 fully saturated rings. The predicted octanol–water partition coefficient (Wildman–Crippen LogP) is 4.74. The summed E-state index contributed by atoms with van der Waals surface area (Å²) in [6.45, 7) is 15.8. The quantitative estimate of drug-likeness (QED) is 0.781. The van der Waals surface area contributed by atoms with Gasteiger partial charge < -0.3 is 5.32 Å². The highest BCUT2D eigenvalue weighted by Gasteiger charge is 2.36. The maximum Gasteiger partial charge on any atom is 0.113 e. The summed E-state index contributed by atoms with van der Waals surface area (Å²) < 4.78 is 0. The molecule has 0 amide bonds. The highest BCUT2D eigenvalue weighted by atomic mass is 32.1. The maximum absolute atomic E-state index is 4.80. The summed E-state index contributed by atoms with van der Waals surface area (Å²) in [6, 6.07) is 0.474. The second-order valence-electron chi connectivity index (χ2n) is 6.87. The number of rotatable bonds is 7. The number of thiazole rings is 1. The van der Waals surface area contributed by atoms with E-state index in [1.807, 2.05) is 11.3 Å². The molecular weight excluding hydrogens is 252 g/mol. The second-order valence-corrected chi connectivity index (χ2v) is 7.73. The van der Waals surface area contributed by atoms with E-state index in [-0.39, 0.29) is 5.54 Å². The average molecular weight is 282 g/mol. The van der Waals surface area contributed by atoms with Crippen molar-refractivity contribution < 1.29 is 0 Å². The van der Waals surface area contributed by atoms with Crippen LogP contribution in [0.1, 0.15) is 65.1 Å². The molecular formula is C16H30N2S. The van der Waals surface area contributed by atoms with Crippen molar-refractivity contribution in [3.63, 3.8) is 0 Å². The molecule has 1 rings (SSSR count). The van der Waals surface area contributed by atoms with Gasteiger partial charge in [0.25, 0.3) is 0 Å². The van der Waals surface area contributed by atoms with Crippen LogP contribution in [-0.2, 0) is 5.54 Å². The SMILES string of the molecule is Cc1csc(C(CC(C)C)(CC(C)C)NC(C)C)n1. The van der Waals surface area contributed by atoms with Gasteiger partial charge in [0, 0.05) is 17.1 Å². The van der Waals surface area contributed by atoms with Crippen molar-refractivity contribution in [3.05, 3.63) is 16.1 Å². The monoisotopic (exact) mass is 282 g/mol. The van der Waals surface area contributed by atoms with Gasteiger partial charge >= 0.3 is 0 Å². The molecule has 0 bridgehead atoms. The van der Waals surface area contributed by atoms with Crippen LogP contribution in [0.25, 0.3) is 0 Å². The number of nitrogens with one attached hydrogen (secondary N) is 1. The highest BCUT2D eigenvalue weighted by Crippen LogP contribution is 2.37. The van der Waals surface area contributed by atoms with Crippen LogP contribution in [0.3, 0.4) is 0 Å². The zero-order chi connectivity index (χ0) is 14.6. The molecule has 3 heteroatoms. The van der Waals surface area contributed by atoms with Gasteiger partial charge in [-0.3, -0.25) is 0 Å². The van der Waals surface area contributed by atoms with E-state index in [2.05, 4.69) is 59.2 Å². The Morgan fingerprint density at radius 1 is 1.11 bits per heavy atom. The standard InChI is InChI=1S/C16H30N2S/c1-11(2)8-16(9-12(3)4,18-13(5)6)15-17-14(7)10-19-15/h10-13,18H,8-9H2,1-7H3. The average Bonchev–Trinajstić information content (AvgIpc) is 2.61. The Hall–Kier alpha value is -0.410. The molecule has 0 aliphatic heterocycles. The van der Waals surface area contributed by atoms with Gasteiger partial charge in [0.2, 0.25) is 0 Å². The van der Waals surface area contributed by atoms with E-state index in [0.29, 0.717) is 17.9 Å². The summed E-state index contributed by atoms with van der Waals surface area (Å²) >= 11 is 1.81. The van der Waals surface area contributed by atoms with Crippen molar-refractivity contribution in [2.24, 2.45) is 11.8 Å².